The van der Waals surface area contributed by atoms with Crippen LogP contribution in [-0.2, 0) is 0 Å². The molecule has 4 rings (SSSR count). The van der Waals surface area contributed by atoms with Crippen molar-refractivity contribution >= 4 is 40.2 Å². The first-order chi connectivity index (χ1) is 14.5. The van der Waals surface area contributed by atoms with E-state index in [4.69, 9.17) is 11.6 Å². The van der Waals surface area contributed by atoms with Gasteiger partial charge in [0.25, 0.3) is 11.6 Å². The number of nitrogens with one attached hydrogen (secondary N) is 2. The molecule has 0 bridgehead atoms. The molecule has 8 nitrogen and oxygen atoms in total. The van der Waals surface area contributed by atoms with Crippen LogP contribution < -0.4 is 5.43 Å². The van der Waals surface area contributed by atoms with Crippen molar-refractivity contribution in [3.63, 3.8) is 0 Å². The van der Waals surface area contributed by atoms with Gasteiger partial charge in [0.2, 0.25) is 0 Å². The monoisotopic (exact) mass is 419 g/mol. The Morgan fingerprint density at radius 3 is 2.70 bits per heavy atom. The van der Waals surface area contributed by atoms with E-state index in [1.54, 1.807) is 12.1 Å². The summed E-state index contributed by atoms with van der Waals surface area (Å²) in [7, 11) is 0. The summed E-state index contributed by atoms with van der Waals surface area (Å²) in [5, 5.41) is 23.9. The molecule has 2 N–H and O–H groups in total. The van der Waals surface area contributed by atoms with Gasteiger partial charge in [0.1, 0.15) is 10.7 Å². The normalized spacial score (nSPS) is 11.1. The van der Waals surface area contributed by atoms with Gasteiger partial charge in [-0.3, -0.25) is 20.0 Å². The third kappa shape index (κ3) is 4.03. The number of nitrogens with zero attached hydrogens (tertiary/aromatic N) is 3. The average Bonchev–Trinajstić information content (AvgIpc) is 3.25. The zero-order chi connectivity index (χ0) is 21.1. The van der Waals surface area contributed by atoms with Gasteiger partial charge in [-0.15, -0.1) is 0 Å². The van der Waals surface area contributed by atoms with Crippen LogP contribution in [0.5, 0.6) is 0 Å². The Labute approximate surface area is 175 Å². The molecule has 4 aromatic rings. The standard InChI is InChI=1S/C21H14ClN5O3/c22-17-8-5-13(9-20(17)27(29)30)12-23-26-21(28)19-11-18(24-25-19)16-7-6-14-3-1-2-4-15(14)10-16/h1-12H,(H,24,25)(H,26,28). The number of nitro benzene ring substituents is 1. The molecule has 0 aliphatic heterocycles. The number of hydrazone groups is 1. The predicted octanol–water partition coefficient (Wildman–Crippen LogP) is 4.56. The van der Waals surface area contributed by atoms with Crippen LogP contribution in [0.25, 0.3) is 22.0 Å². The van der Waals surface area contributed by atoms with Crippen molar-refractivity contribution in [3.8, 4) is 11.3 Å². The second-order valence-corrected chi connectivity index (χ2v) is 6.80. The van der Waals surface area contributed by atoms with Crippen molar-refractivity contribution in [2.24, 2.45) is 5.10 Å². The van der Waals surface area contributed by atoms with E-state index >= 15 is 0 Å². The van der Waals surface area contributed by atoms with Gasteiger partial charge in [-0.05, 0) is 29.0 Å². The maximum absolute atomic E-state index is 12.3. The lowest BCUT2D eigenvalue weighted by atomic mass is 10.1. The Bertz CT molecular complexity index is 1300. The summed E-state index contributed by atoms with van der Waals surface area (Å²) in [5.74, 6) is -0.491. The van der Waals surface area contributed by atoms with E-state index in [1.807, 2.05) is 42.5 Å². The minimum absolute atomic E-state index is 0.0277. The van der Waals surface area contributed by atoms with Crippen LogP contribution in [0.3, 0.4) is 0 Å². The Hall–Kier alpha value is -4.04. The first kappa shape index (κ1) is 19.3. The smallest absolute Gasteiger partial charge is 0.272 e. The number of hydrogen-bond donors (Lipinski definition) is 2. The third-order valence-corrected chi connectivity index (χ3v) is 4.73. The van der Waals surface area contributed by atoms with Gasteiger partial charge in [0.05, 0.1) is 16.8 Å². The minimum atomic E-state index is -0.586. The van der Waals surface area contributed by atoms with Crippen LogP contribution in [0.2, 0.25) is 5.02 Å². The van der Waals surface area contributed by atoms with Gasteiger partial charge >= 0.3 is 0 Å². The third-order valence-electron chi connectivity index (χ3n) is 4.41. The molecule has 0 unspecified atom stereocenters. The Morgan fingerprint density at radius 2 is 1.90 bits per heavy atom. The van der Waals surface area contributed by atoms with Crippen molar-refractivity contribution in [3.05, 3.63) is 93.1 Å². The number of benzene rings is 3. The molecule has 30 heavy (non-hydrogen) atoms. The summed E-state index contributed by atoms with van der Waals surface area (Å²) in [6, 6.07) is 19.7. The number of nitro groups is 1. The number of H-pyrrole nitrogens is 1. The number of carbonyl (C=O) groups excluding carboxylic acids is 1. The SMILES string of the molecule is O=C(NN=Cc1ccc(Cl)c([N+](=O)[O-])c1)c1cc(-c2ccc3ccccc3c2)n[nH]1. The largest absolute Gasteiger partial charge is 0.289 e. The molecule has 0 atom stereocenters. The topological polar surface area (TPSA) is 113 Å². The first-order valence-electron chi connectivity index (χ1n) is 8.83. The molecule has 0 spiro atoms. The molecular weight excluding hydrogens is 406 g/mol. The molecule has 0 saturated carbocycles. The van der Waals surface area contributed by atoms with Crippen molar-refractivity contribution in [2.45, 2.75) is 0 Å². The van der Waals surface area contributed by atoms with Crippen LogP contribution >= 0.6 is 11.6 Å². The van der Waals surface area contributed by atoms with E-state index in [2.05, 4.69) is 20.7 Å². The molecule has 1 heterocycles. The number of carbonyl (C=O) groups is 1. The van der Waals surface area contributed by atoms with Crippen molar-refractivity contribution in [1.29, 1.82) is 0 Å². The van der Waals surface area contributed by atoms with Gasteiger partial charge in [-0.25, -0.2) is 5.43 Å². The number of fused-ring (bicyclic) bond motifs is 1. The summed E-state index contributed by atoms with van der Waals surface area (Å²) < 4.78 is 0. The number of aromatic nitrogens is 2. The van der Waals surface area contributed by atoms with Gasteiger partial charge < -0.3 is 0 Å². The molecule has 0 saturated heterocycles. The maximum Gasteiger partial charge on any atom is 0.289 e. The number of hydrogen-bond acceptors (Lipinski definition) is 5. The molecule has 1 aromatic heterocycles. The van der Waals surface area contributed by atoms with Crippen molar-refractivity contribution < 1.29 is 9.72 Å². The maximum atomic E-state index is 12.3. The summed E-state index contributed by atoms with van der Waals surface area (Å²) >= 11 is 5.77. The molecule has 148 valence electrons. The lowest BCUT2D eigenvalue weighted by Gasteiger charge is -2.00. The van der Waals surface area contributed by atoms with E-state index in [0.717, 1.165) is 16.3 Å². The van der Waals surface area contributed by atoms with E-state index < -0.39 is 10.8 Å². The fourth-order valence-electron chi connectivity index (χ4n) is 2.91. The van der Waals surface area contributed by atoms with E-state index in [-0.39, 0.29) is 16.4 Å². The minimum Gasteiger partial charge on any atom is -0.272 e. The number of amides is 1. The second-order valence-electron chi connectivity index (χ2n) is 6.40. The highest BCUT2D eigenvalue weighted by Gasteiger charge is 2.13. The molecule has 0 radical (unpaired) electrons. The molecular formula is C21H14ClN5O3. The van der Waals surface area contributed by atoms with E-state index in [9.17, 15) is 14.9 Å². The highest BCUT2D eigenvalue weighted by molar-refractivity contribution is 6.32. The molecule has 0 fully saturated rings. The van der Waals surface area contributed by atoms with Gasteiger partial charge in [0, 0.05) is 17.2 Å². The first-order valence-corrected chi connectivity index (χ1v) is 9.21. The molecule has 1 amide bonds. The summed E-state index contributed by atoms with van der Waals surface area (Å²) in [6.07, 6.45) is 1.29. The van der Waals surface area contributed by atoms with Gasteiger partial charge in [-0.2, -0.15) is 10.2 Å². The number of halogens is 1. The van der Waals surface area contributed by atoms with Crippen LogP contribution in [-0.4, -0.2) is 27.2 Å². The predicted molar refractivity (Wildman–Crippen MR) is 115 cm³/mol. The fraction of sp³-hybridized carbons (Fsp3) is 0. The molecule has 3 aromatic carbocycles. The van der Waals surface area contributed by atoms with Crippen LogP contribution in [0.4, 0.5) is 5.69 Å². The van der Waals surface area contributed by atoms with E-state index in [1.165, 1.54) is 18.3 Å². The number of aromatic amines is 1. The highest BCUT2D eigenvalue weighted by atomic mass is 35.5. The van der Waals surface area contributed by atoms with Crippen LogP contribution in [0.15, 0.2) is 71.8 Å². The summed E-state index contributed by atoms with van der Waals surface area (Å²) in [6.45, 7) is 0. The van der Waals surface area contributed by atoms with Crippen LogP contribution in [0, 0.1) is 10.1 Å². The van der Waals surface area contributed by atoms with Gasteiger partial charge in [0.15, 0.2) is 0 Å². The lowest BCUT2D eigenvalue weighted by Crippen LogP contribution is -2.18. The number of rotatable bonds is 5. The molecule has 9 heteroatoms. The Kier molecular flexibility index (Phi) is 5.23. The second kappa shape index (κ2) is 8.14. The molecule has 0 aliphatic rings. The molecule has 0 aliphatic carbocycles. The average molecular weight is 420 g/mol. The lowest BCUT2D eigenvalue weighted by molar-refractivity contribution is -0.384. The summed E-state index contributed by atoms with van der Waals surface area (Å²) in [4.78, 5) is 22.6. The van der Waals surface area contributed by atoms with Crippen LogP contribution in [0.1, 0.15) is 16.1 Å². The Balaban J connectivity index is 1.47. The van der Waals surface area contributed by atoms with Crippen molar-refractivity contribution in [1.82, 2.24) is 15.6 Å². The van der Waals surface area contributed by atoms with Gasteiger partial charge in [-0.1, -0.05) is 54.1 Å². The highest BCUT2D eigenvalue weighted by Crippen LogP contribution is 2.25. The quantitative estimate of drug-likeness (QED) is 0.280. The Morgan fingerprint density at radius 1 is 1.10 bits per heavy atom. The van der Waals surface area contributed by atoms with Crippen molar-refractivity contribution in [2.75, 3.05) is 0 Å². The summed E-state index contributed by atoms with van der Waals surface area (Å²) in [5.41, 5.74) is 4.29. The zero-order valence-electron chi connectivity index (χ0n) is 15.4. The fourth-order valence-corrected chi connectivity index (χ4v) is 3.10. The van der Waals surface area contributed by atoms with E-state index in [0.29, 0.717) is 11.3 Å². The zero-order valence-corrected chi connectivity index (χ0v) is 16.1.